The van der Waals surface area contributed by atoms with Crippen molar-refractivity contribution >= 4 is 35.0 Å². The van der Waals surface area contributed by atoms with Crippen LogP contribution in [0.15, 0.2) is 35.3 Å². The topological polar surface area (TPSA) is 82.8 Å². The molecule has 186 valence electrons. The second-order valence-corrected chi connectivity index (χ2v) is 9.15. The smallest absolute Gasteiger partial charge is 0.182 e. The van der Waals surface area contributed by atoms with Gasteiger partial charge in [0, 0.05) is 58.6 Å². The SMILES string of the molecule is Cc1nc2c(/N=C/N(C)C)cc(N3CCOCC3)nn2c1Nc1ccccc1CN1CCOCC1. The second-order valence-electron chi connectivity index (χ2n) is 9.15. The fraction of sp³-hybridized carbons (Fsp3) is 0.480. The summed E-state index contributed by atoms with van der Waals surface area (Å²) in [5.41, 5.74) is 4.68. The van der Waals surface area contributed by atoms with E-state index in [0.717, 1.165) is 80.3 Å². The number of hydrogen-bond acceptors (Lipinski definition) is 8. The second kappa shape index (κ2) is 10.6. The molecule has 1 aromatic carbocycles. The molecule has 0 aliphatic carbocycles. The van der Waals surface area contributed by atoms with Crippen LogP contribution in [0.3, 0.4) is 0 Å². The van der Waals surface area contributed by atoms with Crippen molar-refractivity contribution in [3.63, 3.8) is 0 Å². The Kier molecular flexibility index (Phi) is 7.12. The fourth-order valence-electron chi connectivity index (χ4n) is 4.37. The maximum absolute atomic E-state index is 5.55. The predicted molar refractivity (Wildman–Crippen MR) is 138 cm³/mol. The van der Waals surface area contributed by atoms with Crippen LogP contribution in [-0.4, -0.2) is 97.4 Å². The van der Waals surface area contributed by atoms with Gasteiger partial charge in [0.25, 0.3) is 0 Å². The lowest BCUT2D eigenvalue weighted by Crippen LogP contribution is -2.37. The van der Waals surface area contributed by atoms with Gasteiger partial charge in [0.05, 0.1) is 38.5 Å². The maximum atomic E-state index is 5.55. The van der Waals surface area contributed by atoms with Gasteiger partial charge in [-0.05, 0) is 18.6 Å². The number of morpholine rings is 2. The molecule has 2 aromatic heterocycles. The Morgan fingerprint density at radius 2 is 1.77 bits per heavy atom. The van der Waals surface area contributed by atoms with E-state index in [4.69, 9.17) is 24.5 Å². The number of aliphatic imine (C=N–C) groups is 1. The van der Waals surface area contributed by atoms with Gasteiger partial charge in [-0.3, -0.25) is 4.90 Å². The van der Waals surface area contributed by atoms with Gasteiger partial charge in [0.2, 0.25) is 0 Å². The molecule has 4 heterocycles. The number of nitrogens with one attached hydrogen (secondary N) is 1. The summed E-state index contributed by atoms with van der Waals surface area (Å²) >= 11 is 0. The Morgan fingerprint density at radius 3 is 2.51 bits per heavy atom. The minimum absolute atomic E-state index is 0.693. The van der Waals surface area contributed by atoms with E-state index in [-0.39, 0.29) is 0 Å². The molecule has 0 unspecified atom stereocenters. The number of para-hydroxylation sites is 1. The molecule has 10 nitrogen and oxygen atoms in total. The molecular formula is C25H34N8O2. The van der Waals surface area contributed by atoms with Crippen LogP contribution in [0.2, 0.25) is 0 Å². The van der Waals surface area contributed by atoms with Gasteiger partial charge in [-0.2, -0.15) is 4.52 Å². The number of benzene rings is 1. The van der Waals surface area contributed by atoms with Crippen LogP contribution < -0.4 is 10.2 Å². The summed E-state index contributed by atoms with van der Waals surface area (Å²) in [6.07, 6.45) is 1.80. The summed E-state index contributed by atoms with van der Waals surface area (Å²) in [6, 6.07) is 10.5. The largest absolute Gasteiger partial charge is 0.379 e. The standard InChI is InChI=1S/C25H34N8O2/c1-19-24(28-21-7-5-4-6-20(21)17-31-8-12-34-13-9-31)33-25(27-19)22(26-18-30(2)3)16-23(29-33)32-10-14-35-15-11-32/h4-7,16,18,28H,8-15,17H2,1-3H3/b26-18+. The first kappa shape index (κ1) is 23.5. The third-order valence-corrected chi connectivity index (χ3v) is 6.26. The average molecular weight is 479 g/mol. The van der Waals surface area contributed by atoms with Gasteiger partial charge >= 0.3 is 0 Å². The zero-order valence-electron chi connectivity index (χ0n) is 20.8. The quantitative estimate of drug-likeness (QED) is 0.410. The Bertz CT molecular complexity index is 1180. The summed E-state index contributed by atoms with van der Waals surface area (Å²) in [7, 11) is 3.92. The molecule has 10 heteroatoms. The van der Waals surface area contributed by atoms with E-state index in [1.54, 1.807) is 6.34 Å². The first-order valence-corrected chi connectivity index (χ1v) is 12.2. The van der Waals surface area contributed by atoms with Gasteiger partial charge < -0.3 is 24.6 Å². The molecule has 2 aliphatic rings. The molecule has 0 saturated carbocycles. The Balaban J connectivity index is 1.53. The van der Waals surface area contributed by atoms with Gasteiger partial charge in [0.15, 0.2) is 17.3 Å². The molecule has 0 bridgehead atoms. The minimum atomic E-state index is 0.693. The van der Waals surface area contributed by atoms with Crippen molar-refractivity contribution in [3.05, 3.63) is 41.6 Å². The number of fused-ring (bicyclic) bond motifs is 1. The van der Waals surface area contributed by atoms with Crippen LogP contribution in [0.4, 0.5) is 23.0 Å². The molecule has 2 fully saturated rings. The lowest BCUT2D eigenvalue weighted by atomic mass is 10.1. The summed E-state index contributed by atoms with van der Waals surface area (Å²) < 4.78 is 13.0. The van der Waals surface area contributed by atoms with E-state index in [9.17, 15) is 0 Å². The lowest BCUT2D eigenvalue weighted by Gasteiger charge is -2.28. The van der Waals surface area contributed by atoms with Crippen molar-refractivity contribution in [3.8, 4) is 0 Å². The van der Waals surface area contributed by atoms with E-state index in [1.165, 1.54) is 5.56 Å². The highest BCUT2D eigenvalue weighted by Crippen LogP contribution is 2.31. The highest BCUT2D eigenvalue weighted by Gasteiger charge is 2.20. The molecular weight excluding hydrogens is 444 g/mol. The molecule has 3 aromatic rings. The van der Waals surface area contributed by atoms with Crippen molar-refractivity contribution in [2.24, 2.45) is 4.99 Å². The Hall–Kier alpha value is -3.21. The van der Waals surface area contributed by atoms with Crippen LogP contribution >= 0.6 is 0 Å². The van der Waals surface area contributed by atoms with Crippen molar-refractivity contribution < 1.29 is 9.47 Å². The van der Waals surface area contributed by atoms with Crippen molar-refractivity contribution in [2.75, 3.05) is 76.9 Å². The number of hydrogen-bond donors (Lipinski definition) is 1. The zero-order chi connectivity index (χ0) is 24.2. The van der Waals surface area contributed by atoms with Crippen molar-refractivity contribution in [1.29, 1.82) is 0 Å². The van der Waals surface area contributed by atoms with E-state index in [1.807, 2.05) is 36.5 Å². The number of anilines is 3. The van der Waals surface area contributed by atoms with E-state index in [0.29, 0.717) is 13.2 Å². The normalized spacial score (nSPS) is 17.4. The summed E-state index contributed by atoms with van der Waals surface area (Å²) in [5, 5.41) is 8.65. The van der Waals surface area contributed by atoms with Gasteiger partial charge in [-0.1, -0.05) is 18.2 Å². The minimum Gasteiger partial charge on any atom is -0.379 e. The first-order valence-electron chi connectivity index (χ1n) is 12.2. The predicted octanol–water partition coefficient (Wildman–Crippen LogP) is 2.67. The third kappa shape index (κ3) is 5.39. The fourth-order valence-corrected chi connectivity index (χ4v) is 4.37. The van der Waals surface area contributed by atoms with Gasteiger partial charge in [-0.15, -0.1) is 5.10 Å². The molecule has 0 spiro atoms. The summed E-state index contributed by atoms with van der Waals surface area (Å²) in [4.78, 5) is 16.2. The average Bonchev–Trinajstić information content (AvgIpc) is 3.19. The third-order valence-electron chi connectivity index (χ3n) is 6.26. The van der Waals surface area contributed by atoms with E-state index in [2.05, 4.69) is 39.4 Å². The van der Waals surface area contributed by atoms with E-state index < -0.39 is 0 Å². The molecule has 2 saturated heterocycles. The Morgan fingerprint density at radius 1 is 1.06 bits per heavy atom. The maximum Gasteiger partial charge on any atom is 0.182 e. The van der Waals surface area contributed by atoms with Crippen molar-refractivity contribution in [2.45, 2.75) is 13.5 Å². The first-order chi connectivity index (χ1) is 17.1. The zero-order valence-corrected chi connectivity index (χ0v) is 20.8. The molecule has 0 radical (unpaired) electrons. The molecule has 0 atom stereocenters. The van der Waals surface area contributed by atoms with Gasteiger partial charge in [0.1, 0.15) is 5.69 Å². The highest BCUT2D eigenvalue weighted by molar-refractivity contribution is 5.77. The lowest BCUT2D eigenvalue weighted by molar-refractivity contribution is 0.0343. The molecule has 1 N–H and O–H groups in total. The number of ether oxygens (including phenoxy) is 2. The molecule has 35 heavy (non-hydrogen) atoms. The Labute approximate surface area is 206 Å². The number of rotatable bonds is 7. The van der Waals surface area contributed by atoms with Crippen LogP contribution in [0.5, 0.6) is 0 Å². The van der Waals surface area contributed by atoms with Gasteiger partial charge in [-0.25, -0.2) is 9.98 Å². The molecule has 0 amide bonds. The van der Waals surface area contributed by atoms with E-state index >= 15 is 0 Å². The van der Waals surface area contributed by atoms with Crippen LogP contribution in [-0.2, 0) is 16.0 Å². The van der Waals surface area contributed by atoms with Crippen LogP contribution in [0.25, 0.3) is 5.65 Å². The highest BCUT2D eigenvalue weighted by atomic mass is 16.5. The number of nitrogens with zero attached hydrogens (tertiary/aromatic N) is 7. The summed E-state index contributed by atoms with van der Waals surface area (Å²) in [6.45, 7) is 9.32. The monoisotopic (exact) mass is 478 g/mol. The summed E-state index contributed by atoms with van der Waals surface area (Å²) in [5.74, 6) is 1.72. The van der Waals surface area contributed by atoms with Crippen molar-refractivity contribution in [1.82, 2.24) is 24.4 Å². The van der Waals surface area contributed by atoms with Crippen LogP contribution in [0.1, 0.15) is 11.3 Å². The number of imidazole rings is 1. The van der Waals surface area contributed by atoms with Crippen LogP contribution in [0, 0.1) is 6.92 Å². The molecule has 5 rings (SSSR count). The number of aryl methyl sites for hydroxylation is 1. The number of aromatic nitrogens is 3. The molecule has 2 aliphatic heterocycles.